The standard InChI is InChI=1S/C16H16FNO3S/c17-13-7-5-12(6-8-13)11-22(20,21)18-10-9-16(19)14-3-1-2-4-15(14)18/h1-8,16,19H,9-11H2. The van der Waals surface area contributed by atoms with Gasteiger partial charge in [0.2, 0.25) is 10.0 Å². The third-order valence-electron chi connectivity index (χ3n) is 3.77. The van der Waals surface area contributed by atoms with Crippen molar-refractivity contribution in [2.24, 2.45) is 0 Å². The summed E-state index contributed by atoms with van der Waals surface area (Å²) in [4.78, 5) is 0. The van der Waals surface area contributed by atoms with Gasteiger partial charge in [-0.3, -0.25) is 4.31 Å². The van der Waals surface area contributed by atoms with Crippen LogP contribution in [0.3, 0.4) is 0 Å². The Morgan fingerprint density at radius 1 is 1.14 bits per heavy atom. The minimum atomic E-state index is -3.59. The molecule has 0 radical (unpaired) electrons. The predicted molar refractivity (Wildman–Crippen MR) is 82.4 cm³/mol. The fourth-order valence-electron chi connectivity index (χ4n) is 2.67. The Morgan fingerprint density at radius 3 is 2.55 bits per heavy atom. The van der Waals surface area contributed by atoms with Gasteiger partial charge < -0.3 is 5.11 Å². The highest BCUT2D eigenvalue weighted by atomic mass is 32.2. The number of sulfonamides is 1. The van der Waals surface area contributed by atoms with Crippen LogP contribution in [0.2, 0.25) is 0 Å². The van der Waals surface area contributed by atoms with Crippen LogP contribution in [-0.2, 0) is 15.8 Å². The van der Waals surface area contributed by atoms with Gasteiger partial charge in [-0.2, -0.15) is 0 Å². The van der Waals surface area contributed by atoms with Gasteiger partial charge in [-0.05, 0) is 30.2 Å². The van der Waals surface area contributed by atoms with E-state index in [4.69, 9.17) is 0 Å². The fraction of sp³-hybridized carbons (Fsp3) is 0.250. The molecule has 4 nitrogen and oxygen atoms in total. The molecule has 0 bridgehead atoms. The van der Waals surface area contributed by atoms with E-state index < -0.39 is 21.9 Å². The van der Waals surface area contributed by atoms with Crippen molar-refractivity contribution < 1.29 is 17.9 Å². The van der Waals surface area contributed by atoms with E-state index in [1.165, 1.54) is 28.6 Å². The molecule has 1 aliphatic heterocycles. The van der Waals surface area contributed by atoms with E-state index in [0.717, 1.165) is 0 Å². The zero-order valence-corrected chi connectivity index (χ0v) is 12.6. The van der Waals surface area contributed by atoms with Gasteiger partial charge in [0.05, 0.1) is 17.5 Å². The first kappa shape index (κ1) is 15.0. The monoisotopic (exact) mass is 321 g/mol. The van der Waals surface area contributed by atoms with Crippen LogP contribution in [0.4, 0.5) is 10.1 Å². The van der Waals surface area contributed by atoms with Crippen molar-refractivity contribution in [2.75, 3.05) is 10.8 Å². The third kappa shape index (κ3) is 2.84. The normalized spacial score (nSPS) is 18.1. The van der Waals surface area contributed by atoms with E-state index in [1.54, 1.807) is 24.3 Å². The average molecular weight is 321 g/mol. The summed E-state index contributed by atoms with van der Waals surface area (Å²) in [5.41, 5.74) is 1.67. The van der Waals surface area contributed by atoms with Crippen molar-refractivity contribution in [1.29, 1.82) is 0 Å². The van der Waals surface area contributed by atoms with Gasteiger partial charge >= 0.3 is 0 Å². The highest BCUT2D eigenvalue weighted by Gasteiger charge is 2.31. The molecule has 1 unspecified atom stereocenters. The summed E-state index contributed by atoms with van der Waals surface area (Å²) in [6.45, 7) is 0.238. The fourth-order valence-corrected chi connectivity index (χ4v) is 4.29. The van der Waals surface area contributed by atoms with Crippen LogP contribution >= 0.6 is 0 Å². The van der Waals surface area contributed by atoms with Crippen molar-refractivity contribution in [2.45, 2.75) is 18.3 Å². The van der Waals surface area contributed by atoms with Gasteiger partial charge in [-0.1, -0.05) is 30.3 Å². The van der Waals surface area contributed by atoms with Crippen LogP contribution < -0.4 is 4.31 Å². The van der Waals surface area contributed by atoms with Crippen molar-refractivity contribution in [1.82, 2.24) is 0 Å². The van der Waals surface area contributed by atoms with E-state index in [-0.39, 0.29) is 12.3 Å². The van der Waals surface area contributed by atoms with Crippen molar-refractivity contribution in [3.63, 3.8) is 0 Å². The molecule has 0 aliphatic carbocycles. The van der Waals surface area contributed by atoms with Crippen LogP contribution in [0.15, 0.2) is 48.5 Å². The number of nitrogens with zero attached hydrogens (tertiary/aromatic N) is 1. The molecule has 0 amide bonds. The Morgan fingerprint density at radius 2 is 1.82 bits per heavy atom. The van der Waals surface area contributed by atoms with Gasteiger partial charge in [-0.25, -0.2) is 12.8 Å². The Labute approximate surface area is 128 Å². The molecule has 1 heterocycles. The lowest BCUT2D eigenvalue weighted by atomic mass is 10.0. The molecule has 6 heteroatoms. The van der Waals surface area contributed by atoms with E-state index >= 15 is 0 Å². The maximum atomic E-state index is 12.9. The lowest BCUT2D eigenvalue weighted by Gasteiger charge is -2.33. The first-order valence-electron chi connectivity index (χ1n) is 6.99. The second-order valence-electron chi connectivity index (χ2n) is 5.32. The number of aliphatic hydroxyl groups is 1. The number of aliphatic hydroxyl groups excluding tert-OH is 1. The summed E-state index contributed by atoms with van der Waals surface area (Å²) < 4.78 is 39.6. The molecule has 116 valence electrons. The molecule has 2 aromatic carbocycles. The molecule has 0 aromatic heterocycles. The first-order valence-corrected chi connectivity index (χ1v) is 8.60. The van der Waals surface area contributed by atoms with Crippen LogP contribution in [0.25, 0.3) is 0 Å². The molecule has 0 saturated heterocycles. The average Bonchev–Trinajstić information content (AvgIpc) is 2.50. The topological polar surface area (TPSA) is 57.6 Å². The number of halogens is 1. The highest BCUT2D eigenvalue weighted by Crippen LogP contribution is 2.35. The Kier molecular flexibility index (Phi) is 3.88. The zero-order valence-electron chi connectivity index (χ0n) is 11.8. The van der Waals surface area contributed by atoms with Gasteiger partial charge in [0.1, 0.15) is 5.82 Å². The number of benzene rings is 2. The number of hydrogen-bond donors (Lipinski definition) is 1. The maximum absolute atomic E-state index is 12.9. The summed E-state index contributed by atoms with van der Waals surface area (Å²) in [5.74, 6) is -0.592. The molecule has 0 fully saturated rings. The number of para-hydroxylation sites is 1. The SMILES string of the molecule is O=S(=O)(Cc1ccc(F)cc1)N1CCC(O)c2ccccc21. The summed E-state index contributed by atoms with van der Waals surface area (Å²) in [5, 5.41) is 10.0. The summed E-state index contributed by atoms with van der Waals surface area (Å²) >= 11 is 0. The molecule has 22 heavy (non-hydrogen) atoms. The van der Waals surface area contributed by atoms with Gasteiger partial charge in [0, 0.05) is 12.1 Å². The molecule has 0 saturated carbocycles. The molecule has 1 N–H and O–H groups in total. The number of fused-ring (bicyclic) bond motifs is 1. The number of rotatable bonds is 3. The van der Waals surface area contributed by atoms with Gasteiger partial charge in [-0.15, -0.1) is 0 Å². The largest absolute Gasteiger partial charge is 0.388 e. The molecule has 3 rings (SSSR count). The summed E-state index contributed by atoms with van der Waals surface area (Å²) in [6, 6.07) is 12.4. The summed E-state index contributed by atoms with van der Waals surface area (Å²) in [7, 11) is -3.59. The quantitative estimate of drug-likeness (QED) is 0.945. The third-order valence-corrected chi connectivity index (χ3v) is 5.52. The van der Waals surface area contributed by atoms with E-state index in [0.29, 0.717) is 23.2 Å². The van der Waals surface area contributed by atoms with Crippen LogP contribution in [0.5, 0.6) is 0 Å². The molecular formula is C16H16FNO3S. The second-order valence-corrected chi connectivity index (χ2v) is 7.21. The van der Waals surface area contributed by atoms with Crippen molar-refractivity contribution in [3.8, 4) is 0 Å². The van der Waals surface area contributed by atoms with Gasteiger partial charge in [0.15, 0.2) is 0 Å². The van der Waals surface area contributed by atoms with Crippen molar-refractivity contribution >= 4 is 15.7 Å². The molecule has 2 aromatic rings. The minimum Gasteiger partial charge on any atom is -0.388 e. The Balaban J connectivity index is 1.93. The Bertz CT molecular complexity index is 774. The van der Waals surface area contributed by atoms with E-state index in [2.05, 4.69) is 0 Å². The van der Waals surface area contributed by atoms with Crippen LogP contribution in [0, 0.1) is 5.82 Å². The zero-order chi connectivity index (χ0) is 15.7. The molecular weight excluding hydrogens is 305 g/mol. The minimum absolute atomic E-state index is 0.197. The lowest BCUT2D eigenvalue weighted by molar-refractivity contribution is 0.166. The second kappa shape index (κ2) is 5.70. The molecule has 1 aliphatic rings. The van der Waals surface area contributed by atoms with Crippen LogP contribution in [0.1, 0.15) is 23.7 Å². The van der Waals surface area contributed by atoms with E-state index in [9.17, 15) is 17.9 Å². The summed E-state index contributed by atoms with van der Waals surface area (Å²) in [6.07, 6.45) is -0.284. The highest BCUT2D eigenvalue weighted by molar-refractivity contribution is 7.92. The lowest BCUT2D eigenvalue weighted by Crippen LogP contribution is -2.37. The number of hydrogen-bond acceptors (Lipinski definition) is 3. The Hall–Kier alpha value is -1.92. The number of anilines is 1. The smallest absolute Gasteiger partial charge is 0.239 e. The molecule has 0 spiro atoms. The maximum Gasteiger partial charge on any atom is 0.239 e. The van der Waals surface area contributed by atoms with E-state index in [1.807, 2.05) is 0 Å². The molecule has 1 atom stereocenters. The van der Waals surface area contributed by atoms with Gasteiger partial charge in [0.25, 0.3) is 0 Å². The first-order chi connectivity index (χ1) is 10.5. The van der Waals surface area contributed by atoms with Crippen LogP contribution in [-0.4, -0.2) is 20.1 Å². The van der Waals surface area contributed by atoms with Crippen molar-refractivity contribution in [3.05, 3.63) is 65.5 Å². The predicted octanol–water partition coefficient (Wildman–Crippen LogP) is 2.60.